The van der Waals surface area contributed by atoms with Gasteiger partial charge in [0.05, 0.1) is 35.7 Å². The predicted octanol–water partition coefficient (Wildman–Crippen LogP) is 3.78. The van der Waals surface area contributed by atoms with Gasteiger partial charge >= 0.3 is 0 Å². The fourth-order valence-electron chi connectivity index (χ4n) is 4.20. The number of morpholine rings is 1. The van der Waals surface area contributed by atoms with Crippen molar-refractivity contribution in [2.24, 2.45) is 5.73 Å². The summed E-state index contributed by atoms with van der Waals surface area (Å²) in [6, 6.07) is 18.3. The van der Waals surface area contributed by atoms with Gasteiger partial charge in [0.25, 0.3) is 0 Å². The molecule has 5 rings (SSSR count). The molecule has 0 saturated carbocycles. The second kappa shape index (κ2) is 8.43. The highest BCUT2D eigenvalue weighted by atomic mass is 79.9. The van der Waals surface area contributed by atoms with Gasteiger partial charge in [-0.05, 0) is 48.9 Å². The standard InChI is InChI=1S/C24H22BrN5O2/c1-15-21-22(16-2-6-18(7-3-16)29-10-12-31-13-11-29)20(14-26)23(27)32-24(21)30(28-15)19-8-4-17(25)5-9-19/h2-9,23H,10-13,27H2,1H3. The lowest BCUT2D eigenvalue weighted by Gasteiger charge is -2.29. The van der Waals surface area contributed by atoms with Crippen LogP contribution >= 0.6 is 15.9 Å². The normalized spacial score (nSPS) is 18.2. The number of hydrogen-bond acceptors (Lipinski definition) is 6. The first kappa shape index (κ1) is 20.8. The first-order valence-corrected chi connectivity index (χ1v) is 11.2. The van der Waals surface area contributed by atoms with E-state index in [9.17, 15) is 5.26 Å². The Kier molecular flexibility index (Phi) is 5.47. The van der Waals surface area contributed by atoms with Gasteiger partial charge < -0.3 is 14.4 Å². The van der Waals surface area contributed by atoms with Crippen LogP contribution in [-0.4, -0.2) is 42.3 Å². The zero-order chi connectivity index (χ0) is 22.2. The second-order valence-electron chi connectivity index (χ2n) is 7.74. The summed E-state index contributed by atoms with van der Waals surface area (Å²) in [5, 5.41) is 14.6. The number of nitrogens with zero attached hydrogens (tertiary/aromatic N) is 4. The maximum Gasteiger partial charge on any atom is 0.226 e. The topological polar surface area (TPSA) is 89.3 Å². The maximum atomic E-state index is 9.90. The molecule has 2 aliphatic heterocycles. The fourth-order valence-corrected chi connectivity index (χ4v) is 4.46. The molecule has 0 radical (unpaired) electrons. The molecule has 7 nitrogen and oxygen atoms in total. The Labute approximate surface area is 194 Å². The van der Waals surface area contributed by atoms with E-state index in [1.165, 1.54) is 0 Å². The Morgan fingerprint density at radius 2 is 1.72 bits per heavy atom. The van der Waals surface area contributed by atoms with Crippen molar-refractivity contribution in [3.05, 3.63) is 75.4 Å². The Morgan fingerprint density at radius 1 is 1.06 bits per heavy atom. The number of benzene rings is 2. The van der Waals surface area contributed by atoms with E-state index < -0.39 is 6.23 Å². The van der Waals surface area contributed by atoms with Crippen LogP contribution in [0.25, 0.3) is 11.3 Å². The summed E-state index contributed by atoms with van der Waals surface area (Å²) in [4.78, 5) is 2.30. The van der Waals surface area contributed by atoms with Crippen molar-refractivity contribution in [3.8, 4) is 17.6 Å². The third kappa shape index (κ3) is 3.58. The first-order chi connectivity index (χ1) is 15.6. The van der Waals surface area contributed by atoms with E-state index in [0.29, 0.717) is 11.5 Å². The van der Waals surface area contributed by atoms with Crippen LogP contribution in [0.5, 0.6) is 5.88 Å². The van der Waals surface area contributed by atoms with Crippen molar-refractivity contribution < 1.29 is 9.47 Å². The van der Waals surface area contributed by atoms with Crippen molar-refractivity contribution in [2.45, 2.75) is 13.2 Å². The third-order valence-corrected chi connectivity index (χ3v) is 6.31. The van der Waals surface area contributed by atoms with Gasteiger partial charge in [-0.1, -0.05) is 28.1 Å². The molecular weight excluding hydrogens is 470 g/mol. The summed E-state index contributed by atoms with van der Waals surface area (Å²) < 4.78 is 14.2. The van der Waals surface area contributed by atoms with Crippen LogP contribution in [0.4, 0.5) is 5.69 Å². The van der Waals surface area contributed by atoms with E-state index in [-0.39, 0.29) is 0 Å². The summed E-state index contributed by atoms with van der Waals surface area (Å²) in [6.07, 6.45) is -0.869. The molecule has 0 amide bonds. The molecule has 32 heavy (non-hydrogen) atoms. The van der Waals surface area contributed by atoms with E-state index >= 15 is 0 Å². The van der Waals surface area contributed by atoms with E-state index in [1.54, 1.807) is 4.68 Å². The lowest BCUT2D eigenvalue weighted by atomic mass is 9.91. The minimum absolute atomic E-state index is 0.398. The van der Waals surface area contributed by atoms with Crippen LogP contribution in [0.3, 0.4) is 0 Å². The number of ether oxygens (including phenoxy) is 2. The number of aromatic nitrogens is 2. The molecule has 1 unspecified atom stereocenters. The van der Waals surface area contributed by atoms with Crippen LogP contribution in [0.1, 0.15) is 16.8 Å². The SMILES string of the molecule is Cc1nn(-c2ccc(Br)cc2)c2c1C(c1ccc(N3CCOCC3)cc1)=C(C#N)C(N)O2. The molecule has 0 spiro atoms. The molecular formula is C24H22BrN5O2. The summed E-state index contributed by atoms with van der Waals surface area (Å²) in [5.41, 5.74) is 11.9. The van der Waals surface area contributed by atoms with E-state index in [1.807, 2.05) is 43.3 Å². The number of nitriles is 1. The van der Waals surface area contributed by atoms with Gasteiger partial charge in [0.15, 0.2) is 6.23 Å². The Hall–Kier alpha value is -3.12. The van der Waals surface area contributed by atoms with Gasteiger partial charge in [-0.25, -0.2) is 4.68 Å². The molecule has 3 heterocycles. The zero-order valence-corrected chi connectivity index (χ0v) is 19.2. The number of nitrogens with two attached hydrogens (primary N) is 1. The van der Waals surface area contributed by atoms with Gasteiger partial charge in [-0.15, -0.1) is 0 Å². The largest absolute Gasteiger partial charge is 0.453 e. The molecule has 1 fully saturated rings. The molecule has 8 heteroatoms. The van der Waals surface area contributed by atoms with Crippen molar-refractivity contribution in [2.75, 3.05) is 31.2 Å². The molecule has 1 saturated heterocycles. The number of halogens is 1. The average molecular weight is 492 g/mol. The number of hydrogen-bond donors (Lipinski definition) is 1. The van der Waals surface area contributed by atoms with Gasteiger partial charge in [-0.2, -0.15) is 10.4 Å². The minimum Gasteiger partial charge on any atom is -0.453 e. The van der Waals surface area contributed by atoms with E-state index in [4.69, 9.17) is 20.3 Å². The Balaban J connectivity index is 1.61. The summed E-state index contributed by atoms with van der Waals surface area (Å²) in [6.45, 7) is 5.12. The summed E-state index contributed by atoms with van der Waals surface area (Å²) >= 11 is 3.46. The van der Waals surface area contributed by atoms with Crippen molar-refractivity contribution in [1.82, 2.24) is 9.78 Å². The number of anilines is 1. The molecule has 2 aliphatic rings. The highest BCUT2D eigenvalue weighted by Crippen LogP contribution is 2.42. The smallest absolute Gasteiger partial charge is 0.226 e. The fraction of sp³-hybridized carbons (Fsp3) is 0.250. The quantitative estimate of drug-likeness (QED) is 0.599. The molecule has 0 bridgehead atoms. The Morgan fingerprint density at radius 3 is 2.38 bits per heavy atom. The molecule has 0 aliphatic carbocycles. The molecule has 3 aromatic rings. The molecule has 1 aromatic heterocycles. The van der Waals surface area contributed by atoms with Crippen molar-refractivity contribution in [3.63, 3.8) is 0 Å². The van der Waals surface area contributed by atoms with Gasteiger partial charge in [0.2, 0.25) is 5.88 Å². The number of fused-ring (bicyclic) bond motifs is 1. The van der Waals surface area contributed by atoms with Gasteiger partial charge in [0, 0.05) is 28.8 Å². The predicted molar refractivity (Wildman–Crippen MR) is 126 cm³/mol. The van der Waals surface area contributed by atoms with Crippen LogP contribution in [-0.2, 0) is 4.74 Å². The second-order valence-corrected chi connectivity index (χ2v) is 8.65. The summed E-state index contributed by atoms with van der Waals surface area (Å²) in [5.74, 6) is 0.545. The van der Waals surface area contributed by atoms with Gasteiger partial charge in [0.1, 0.15) is 6.07 Å². The zero-order valence-electron chi connectivity index (χ0n) is 17.6. The summed E-state index contributed by atoms with van der Waals surface area (Å²) in [7, 11) is 0. The lowest BCUT2D eigenvalue weighted by molar-refractivity contribution is 0.122. The van der Waals surface area contributed by atoms with Crippen molar-refractivity contribution in [1.29, 1.82) is 5.26 Å². The molecule has 162 valence electrons. The van der Waals surface area contributed by atoms with E-state index in [2.05, 4.69) is 39.0 Å². The highest BCUT2D eigenvalue weighted by molar-refractivity contribution is 9.10. The average Bonchev–Trinajstić information content (AvgIpc) is 3.15. The minimum atomic E-state index is -0.869. The number of rotatable bonds is 3. The molecule has 2 aromatic carbocycles. The third-order valence-electron chi connectivity index (χ3n) is 5.78. The van der Waals surface area contributed by atoms with Gasteiger partial charge in [-0.3, -0.25) is 5.73 Å². The molecule has 1 atom stereocenters. The monoisotopic (exact) mass is 491 g/mol. The van der Waals surface area contributed by atoms with Crippen LogP contribution in [0.2, 0.25) is 0 Å². The van der Waals surface area contributed by atoms with Crippen LogP contribution in [0.15, 0.2) is 58.6 Å². The number of aryl methyl sites for hydroxylation is 1. The van der Waals surface area contributed by atoms with Crippen molar-refractivity contribution >= 4 is 27.2 Å². The van der Waals surface area contributed by atoms with E-state index in [0.717, 1.165) is 64.5 Å². The van der Waals surface area contributed by atoms with Crippen LogP contribution < -0.4 is 15.4 Å². The Bertz CT molecular complexity index is 1220. The van der Waals surface area contributed by atoms with Crippen LogP contribution in [0, 0.1) is 18.3 Å². The maximum absolute atomic E-state index is 9.90. The highest BCUT2D eigenvalue weighted by Gasteiger charge is 2.33. The lowest BCUT2D eigenvalue weighted by Crippen LogP contribution is -2.36. The first-order valence-electron chi connectivity index (χ1n) is 10.4. The molecule has 2 N–H and O–H groups in total.